The van der Waals surface area contributed by atoms with Gasteiger partial charge in [0.05, 0.1) is 0 Å². The standard InChI is InChI=1S/C20H27NO4/c1-20(2,3)25-19(23)21-12-15-10-7-11-16(15)17(21)18(22)24-13-14-8-5-4-6-9-14/h4-6,8-9,15-17H,7,10-13H2,1-3H3/t15-,16-,17-/m0/s1. The van der Waals surface area contributed by atoms with Gasteiger partial charge in [-0.2, -0.15) is 0 Å². The van der Waals surface area contributed by atoms with Crippen molar-refractivity contribution in [1.29, 1.82) is 0 Å². The molecule has 1 saturated heterocycles. The maximum absolute atomic E-state index is 12.8. The van der Waals surface area contributed by atoms with Gasteiger partial charge in [-0.15, -0.1) is 0 Å². The van der Waals surface area contributed by atoms with E-state index in [9.17, 15) is 9.59 Å². The Hall–Kier alpha value is -2.04. The number of esters is 1. The van der Waals surface area contributed by atoms with Crippen molar-refractivity contribution in [3.63, 3.8) is 0 Å². The van der Waals surface area contributed by atoms with Gasteiger partial charge in [0, 0.05) is 6.54 Å². The van der Waals surface area contributed by atoms with Crippen molar-refractivity contribution in [2.24, 2.45) is 11.8 Å². The Morgan fingerprint density at radius 1 is 1.16 bits per heavy atom. The van der Waals surface area contributed by atoms with Crippen LogP contribution in [0.1, 0.15) is 45.6 Å². The van der Waals surface area contributed by atoms with Crippen molar-refractivity contribution >= 4 is 12.1 Å². The fourth-order valence-corrected chi connectivity index (χ4v) is 3.93. The molecule has 0 N–H and O–H groups in total. The number of fused-ring (bicyclic) bond motifs is 1. The second-order valence-corrected chi connectivity index (χ2v) is 8.03. The van der Waals surface area contributed by atoms with Crippen LogP contribution in [0.25, 0.3) is 0 Å². The Bertz CT molecular complexity index is 622. The highest BCUT2D eigenvalue weighted by Crippen LogP contribution is 2.43. The SMILES string of the molecule is CC(C)(C)OC(=O)N1C[C@@H]2CCC[C@@H]2[C@H]1C(=O)OCc1ccccc1. The zero-order chi connectivity index (χ0) is 18.0. The molecule has 1 aliphatic carbocycles. The Morgan fingerprint density at radius 3 is 2.56 bits per heavy atom. The minimum absolute atomic E-state index is 0.191. The lowest BCUT2D eigenvalue weighted by Gasteiger charge is -2.29. The van der Waals surface area contributed by atoms with Crippen LogP contribution in [0.4, 0.5) is 4.79 Å². The van der Waals surface area contributed by atoms with Crippen molar-refractivity contribution in [3.05, 3.63) is 35.9 Å². The van der Waals surface area contributed by atoms with Gasteiger partial charge in [0.1, 0.15) is 18.2 Å². The highest BCUT2D eigenvalue weighted by Gasteiger charge is 2.51. The normalized spacial score (nSPS) is 25.6. The summed E-state index contributed by atoms with van der Waals surface area (Å²) in [6, 6.07) is 9.08. The predicted molar refractivity (Wildman–Crippen MR) is 93.8 cm³/mol. The third kappa shape index (κ3) is 4.14. The Kier molecular flexibility index (Phi) is 5.02. The molecular weight excluding hydrogens is 318 g/mol. The van der Waals surface area contributed by atoms with Gasteiger partial charge in [-0.3, -0.25) is 4.90 Å². The molecule has 1 amide bonds. The summed E-state index contributed by atoms with van der Waals surface area (Å²) in [7, 11) is 0. The van der Waals surface area contributed by atoms with Crippen molar-refractivity contribution < 1.29 is 19.1 Å². The highest BCUT2D eigenvalue weighted by atomic mass is 16.6. The number of likely N-dealkylation sites (tertiary alicyclic amines) is 1. The summed E-state index contributed by atoms with van der Waals surface area (Å²) in [5.74, 6) is 0.252. The summed E-state index contributed by atoms with van der Waals surface area (Å²) in [4.78, 5) is 26.9. The first-order valence-corrected chi connectivity index (χ1v) is 9.05. The molecule has 3 atom stereocenters. The maximum Gasteiger partial charge on any atom is 0.411 e. The van der Waals surface area contributed by atoms with Gasteiger partial charge in [-0.05, 0) is 51.0 Å². The van der Waals surface area contributed by atoms with E-state index >= 15 is 0 Å². The lowest BCUT2D eigenvalue weighted by atomic mass is 9.94. The summed E-state index contributed by atoms with van der Waals surface area (Å²) >= 11 is 0. The van der Waals surface area contributed by atoms with E-state index in [1.807, 2.05) is 51.1 Å². The van der Waals surface area contributed by atoms with E-state index in [0.29, 0.717) is 12.5 Å². The van der Waals surface area contributed by atoms with Crippen LogP contribution in [-0.2, 0) is 20.9 Å². The number of nitrogens with zero attached hydrogens (tertiary/aromatic N) is 1. The molecule has 1 saturated carbocycles. The van der Waals surface area contributed by atoms with Crippen LogP contribution in [0.3, 0.4) is 0 Å². The molecule has 1 aromatic carbocycles. The van der Waals surface area contributed by atoms with E-state index in [2.05, 4.69) is 0 Å². The second-order valence-electron chi connectivity index (χ2n) is 8.03. The molecule has 0 spiro atoms. The van der Waals surface area contributed by atoms with Gasteiger partial charge in [0.25, 0.3) is 0 Å². The number of benzene rings is 1. The Balaban J connectivity index is 1.70. The molecule has 1 aliphatic heterocycles. The smallest absolute Gasteiger partial charge is 0.411 e. The van der Waals surface area contributed by atoms with Crippen molar-refractivity contribution in [3.8, 4) is 0 Å². The molecule has 136 valence electrons. The number of amides is 1. The first-order chi connectivity index (χ1) is 11.8. The van der Waals surface area contributed by atoms with Gasteiger partial charge in [-0.1, -0.05) is 36.8 Å². The maximum atomic E-state index is 12.8. The molecule has 3 rings (SSSR count). The quantitative estimate of drug-likeness (QED) is 0.783. The van der Waals surface area contributed by atoms with E-state index in [-0.39, 0.29) is 18.5 Å². The van der Waals surface area contributed by atoms with Gasteiger partial charge in [0.15, 0.2) is 0 Å². The molecule has 0 bridgehead atoms. The lowest BCUT2D eigenvalue weighted by molar-refractivity contribution is -0.151. The van der Waals surface area contributed by atoms with Gasteiger partial charge in [0.2, 0.25) is 0 Å². The number of hydrogen-bond donors (Lipinski definition) is 0. The fraction of sp³-hybridized carbons (Fsp3) is 0.600. The van der Waals surface area contributed by atoms with Crippen LogP contribution in [0.2, 0.25) is 0 Å². The van der Waals surface area contributed by atoms with E-state index in [1.54, 1.807) is 4.90 Å². The van der Waals surface area contributed by atoms with Crippen molar-refractivity contribution in [1.82, 2.24) is 4.90 Å². The Morgan fingerprint density at radius 2 is 1.88 bits per heavy atom. The van der Waals surface area contributed by atoms with Crippen molar-refractivity contribution in [2.75, 3.05) is 6.54 Å². The third-order valence-corrected chi connectivity index (χ3v) is 4.98. The van der Waals surface area contributed by atoms with Crippen LogP contribution in [0.15, 0.2) is 30.3 Å². The molecule has 0 aromatic heterocycles. The minimum atomic E-state index is -0.576. The molecular formula is C20H27NO4. The summed E-state index contributed by atoms with van der Waals surface area (Å²) in [6.07, 6.45) is 2.73. The van der Waals surface area contributed by atoms with Crippen LogP contribution < -0.4 is 0 Å². The van der Waals surface area contributed by atoms with Crippen LogP contribution >= 0.6 is 0 Å². The molecule has 2 fully saturated rings. The minimum Gasteiger partial charge on any atom is -0.459 e. The van der Waals surface area contributed by atoms with Crippen LogP contribution in [-0.4, -0.2) is 35.2 Å². The third-order valence-electron chi connectivity index (χ3n) is 4.98. The zero-order valence-corrected chi connectivity index (χ0v) is 15.2. The number of ether oxygens (including phenoxy) is 2. The number of carbonyl (C=O) groups is 2. The summed E-state index contributed by atoms with van der Waals surface area (Å²) in [5, 5.41) is 0. The van der Waals surface area contributed by atoms with E-state index in [1.165, 1.54) is 0 Å². The molecule has 1 heterocycles. The molecule has 0 radical (unpaired) electrons. The molecule has 2 aliphatic rings. The zero-order valence-electron chi connectivity index (χ0n) is 15.2. The predicted octanol–water partition coefficient (Wildman–Crippen LogP) is 3.77. The first kappa shape index (κ1) is 17.8. The fourth-order valence-electron chi connectivity index (χ4n) is 3.93. The van der Waals surface area contributed by atoms with Crippen molar-refractivity contribution in [2.45, 2.75) is 58.3 Å². The number of rotatable bonds is 3. The van der Waals surface area contributed by atoms with Gasteiger partial charge < -0.3 is 9.47 Å². The van der Waals surface area contributed by atoms with Gasteiger partial charge >= 0.3 is 12.1 Å². The van der Waals surface area contributed by atoms with E-state index in [0.717, 1.165) is 24.8 Å². The Labute approximate surface area is 149 Å². The average molecular weight is 345 g/mol. The largest absolute Gasteiger partial charge is 0.459 e. The van der Waals surface area contributed by atoms with Gasteiger partial charge in [-0.25, -0.2) is 9.59 Å². The molecule has 0 unspecified atom stereocenters. The first-order valence-electron chi connectivity index (χ1n) is 9.05. The molecule has 25 heavy (non-hydrogen) atoms. The average Bonchev–Trinajstić information content (AvgIpc) is 3.12. The number of carbonyl (C=O) groups excluding carboxylic acids is 2. The lowest BCUT2D eigenvalue weighted by Crippen LogP contribution is -2.46. The highest BCUT2D eigenvalue weighted by molar-refractivity contribution is 5.83. The second kappa shape index (κ2) is 7.06. The molecule has 5 heteroatoms. The van der Waals surface area contributed by atoms with Crippen LogP contribution in [0, 0.1) is 11.8 Å². The monoisotopic (exact) mass is 345 g/mol. The van der Waals surface area contributed by atoms with Crippen LogP contribution in [0.5, 0.6) is 0 Å². The van der Waals surface area contributed by atoms with E-state index < -0.39 is 17.7 Å². The summed E-state index contributed by atoms with van der Waals surface area (Å²) in [6.45, 7) is 6.33. The summed E-state index contributed by atoms with van der Waals surface area (Å²) < 4.78 is 11.1. The topological polar surface area (TPSA) is 55.8 Å². The molecule has 1 aromatic rings. The molecule has 5 nitrogen and oxygen atoms in total. The van der Waals surface area contributed by atoms with E-state index in [4.69, 9.17) is 9.47 Å². The summed E-state index contributed by atoms with van der Waals surface area (Å²) in [5.41, 5.74) is 0.369. The number of hydrogen-bond acceptors (Lipinski definition) is 4.